The number of aromatic nitrogens is 3. The molecule has 3 rings (SSSR count). The normalized spacial score (nSPS) is 19.1. The van der Waals surface area contributed by atoms with Crippen LogP contribution in [0.25, 0.3) is 11.4 Å². The molecule has 0 saturated heterocycles. The molecule has 108 valence electrons. The minimum absolute atomic E-state index is 0.395. The Balaban J connectivity index is 1.98. The minimum atomic E-state index is 0.395. The van der Waals surface area contributed by atoms with Gasteiger partial charge in [0.1, 0.15) is 0 Å². The van der Waals surface area contributed by atoms with E-state index in [0.29, 0.717) is 10.2 Å². The minimum Gasteiger partial charge on any atom is -0.303 e. The molecule has 1 N–H and O–H groups in total. The van der Waals surface area contributed by atoms with Crippen molar-refractivity contribution in [1.82, 2.24) is 14.8 Å². The van der Waals surface area contributed by atoms with Gasteiger partial charge in [0.2, 0.25) is 0 Å². The number of fused-ring (bicyclic) bond motifs is 1. The highest BCUT2D eigenvalue weighted by atomic mass is 32.1. The van der Waals surface area contributed by atoms with E-state index in [1.54, 1.807) is 4.88 Å². The molecular formula is C15H21N3S2. The highest BCUT2D eigenvalue weighted by Gasteiger charge is 2.31. The number of hydrogen-bond donors (Lipinski definition) is 1. The van der Waals surface area contributed by atoms with Gasteiger partial charge in [0, 0.05) is 22.9 Å². The molecule has 0 aromatic carbocycles. The molecule has 20 heavy (non-hydrogen) atoms. The summed E-state index contributed by atoms with van der Waals surface area (Å²) in [4.78, 5) is 1.54. The van der Waals surface area contributed by atoms with Crippen LogP contribution in [-0.4, -0.2) is 14.8 Å². The number of H-pyrrole nitrogens is 1. The zero-order chi connectivity index (χ0) is 14.5. The molecule has 5 heteroatoms. The van der Waals surface area contributed by atoms with Crippen molar-refractivity contribution < 1.29 is 0 Å². The van der Waals surface area contributed by atoms with Crippen molar-refractivity contribution in [1.29, 1.82) is 0 Å². The van der Waals surface area contributed by atoms with E-state index in [9.17, 15) is 0 Å². The zero-order valence-electron chi connectivity index (χ0n) is 12.5. The maximum Gasteiger partial charge on any atom is 0.195 e. The molecule has 0 radical (unpaired) electrons. The summed E-state index contributed by atoms with van der Waals surface area (Å²) in [6, 6.07) is 0. The van der Waals surface area contributed by atoms with Gasteiger partial charge < -0.3 is 4.57 Å². The Bertz CT molecular complexity index is 685. The van der Waals surface area contributed by atoms with E-state index in [4.69, 9.17) is 12.2 Å². The third-order valence-electron chi connectivity index (χ3n) is 4.50. The van der Waals surface area contributed by atoms with E-state index in [1.165, 1.54) is 24.0 Å². The third-order valence-corrected chi connectivity index (χ3v) is 5.92. The van der Waals surface area contributed by atoms with Crippen molar-refractivity contribution in [2.45, 2.75) is 40.0 Å². The predicted molar refractivity (Wildman–Crippen MR) is 86.7 cm³/mol. The molecule has 2 aromatic heterocycles. The van der Waals surface area contributed by atoms with Gasteiger partial charge in [0.15, 0.2) is 10.6 Å². The first-order chi connectivity index (χ1) is 9.38. The number of thiophene rings is 1. The molecule has 0 unspecified atom stereocenters. The standard InChI is InChI=1S/C15H21N3S2/c1-15(2,3)9-5-6-10-11(8-20-12(10)7-9)13-16-17-14(19)18(13)4/h8-9H,5-7H2,1-4H3,(H,17,19)/t9-/m1/s1. The average molecular weight is 307 g/mol. The van der Waals surface area contributed by atoms with Gasteiger partial charge >= 0.3 is 0 Å². The summed E-state index contributed by atoms with van der Waals surface area (Å²) in [6.45, 7) is 7.07. The second kappa shape index (κ2) is 4.81. The van der Waals surface area contributed by atoms with Crippen LogP contribution in [0, 0.1) is 16.1 Å². The number of aromatic amines is 1. The van der Waals surface area contributed by atoms with E-state index >= 15 is 0 Å². The summed E-state index contributed by atoms with van der Waals surface area (Å²) in [5, 5.41) is 9.52. The topological polar surface area (TPSA) is 33.6 Å². The first-order valence-corrected chi connectivity index (χ1v) is 8.37. The molecule has 0 bridgehead atoms. The van der Waals surface area contributed by atoms with Crippen molar-refractivity contribution in [2.24, 2.45) is 18.4 Å². The van der Waals surface area contributed by atoms with Gasteiger partial charge in [-0.2, -0.15) is 5.10 Å². The Hall–Kier alpha value is -0.940. The molecule has 0 aliphatic heterocycles. The van der Waals surface area contributed by atoms with Crippen LogP contribution in [0.2, 0.25) is 0 Å². The first kappa shape index (κ1) is 14.0. The van der Waals surface area contributed by atoms with Gasteiger partial charge in [-0.05, 0) is 48.4 Å². The van der Waals surface area contributed by atoms with E-state index in [0.717, 1.165) is 18.2 Å². The lowest BCUT2D eigenvalue weighted by atomic mass is 9.72. The Morgan fingerprint density at radius 3 is 2.80 bits per heavy atom. The molecule has 1 atom stereocenters. The first-order valence-electron chi connectivity index (χ1n) is 7.09. The number of rotatable bonds is 1. The van der Waals surface area contributed by atoms with Gasteiger partial charge in [-0.25, -0.2) is 0 Å². The van der Waals surface area contributed by atoms with Crippen molar-refractivity contribution in [3.63, 3.8) is 0 Å². The lowest BCUT2D eigenvalue weighted by Gasteiger charge is -2.34. The lowest BCUT2D eigenvalue weighted by Crippen LogP contribution is -2.26. The van der Waals surface area contributed by atoms with Gasteiger partial charge in [-0.1, -0.05) is 20.8 Å². The van der Waals surface area contributed by atoms with Crippen molar-refractivity contribution in [3.05, 3.63) is 20.6 Å². The highest BCUT2D eigenvalue weighted by molar-refractivity contribution is 7.71. The van der Waals surface area contributed by atoms with Crippen molar-refractivity contribution in [2.75, 3.05) is 0 Å². The molecule has 0 fully saturated rings. The van der Waals surface area contributed by atoms with Crippen LogP contribution < -0.4 is 0 Å². The molecule has 0 spiro atoms. The maximum atomic E-state index is 5.22. The maximum absolute atomic E-state index is 5.22. The fourth-order valence-electron chi connectivity index (χ4n) is 3.03. The molecule has 3 nitrogen and oxygen atoms in total. The fraction of sp³-hybridized carbons (Fsp3) is 0.600. The van der Waals surface area contributed by atoms with E-state index in [1.807, 2.05) is 23.0 Å². The Kier molecular flexibility index (Phi) is 3.37. The highest BCUT2D eigenvalue weighted by Crippen LogP contribution is 2.42. The summed E-state index contributed by atoms with van der Waals surface area (Å²) < 4.78 is 2.65. The average Bonchev–Trinajstić information content (AvgIpc) is 2.93. The molecular weight excluding hydrogens is 286 g/mol. The van der Waals surface area contributed by atoms with E-state index in [2.05, 4.69) is 36.3 Å². The summed E-state index contributed by atoms with van der Waals surface area (Å²) in [5.41, 5.74) is 3.16. The predicted octanol–water partition coefficient (Wildman–Crippen LogP) is 4.36. The van der Waals surface area contributed by atoms with Crippen LogP contribution in [0.1, 0.15) is 37.6 Å². The number of hydrogen-bond acceptors (Lipinski definition) is 3. The van der Waals surface area contributed by atoms with Crippen molar-refractivity contribution >= 4 is 23.6 Å². The van der Waals surface area contributed by atoms with Crippen LogP contribution in [0.3, 0.4) is 0 Å². The van der Waals surface area contributed by atoms with Crippen LogP contribution >= 0.6 is 23.6 Å². The second-order valence-corrected chi connectivity index (χ2v) is 8.12. The molecule has 0 amide bonds. The molecule has 2 aromatic rings. The van der Waals surface area contributed by atoms with Crippen LogP contribution in [0.5, 0.6) is 0 Å². The molecule has 0 saturated carbocycles. The zero-order valence-corrected chi connectivity index (χ0v) is 14.1. The number of nitrogens with one attached hydrogen (secondary N) is 1. The third kappa shape index (κ3) is 2.27. The Labute approximate surface area is 129 Å². The smallest absolute Gasteiger partial charge is 0.195 e. The van der Waals surface area contributed by atoms with Gasteiger partial charge in [0.05, 0.1) is 0 Å². The summed E-state index contributed by atoms with van der Waals surface area (Å²) in [7, 11) is 1.98. The van der Waals surface area contributed by atoms with Crippen LogP contribution in [-0.2, 0) is 19.9 Å². The Morgan fingerprint density at radius 1 is 1.45 bits per heavy atom. The Morgan fingerprint density at radius 2 is 2.20 bits per heavy atom. The molecule has 1 aliphatic carbocycles. The lowest BCUT2D eigenvalue weighted by molar-refractivity contribution is 0.218. The molecule has 1 aliphatic rings. The quantitative estimate of drug-likeness (QED) is 0.794. The van der Waals surface area contributed by atoms with Gasteiger partial charge in [-0.15, -0.1) is 11.3 Å². The van der Waals surface area contributed by atoms with E-state index < -0.39 is 0 Å². The largest absolute Gasteiger partial charge is 0.303 e. The summed E-state index contributed by atoms with van der Waals surface area (Å²) in [6.07, 6.45) is 3.64. The van der Waals surface area contributed by atoms with Crippen LogP contribution in [0.15, 0.2) is 5.38 Å². The SMILES string of the molecule is Cn1c(-c2csc3c2CC[C@@H](C(C)(C)C)C3)n[nH]c1=S. The monoisotopic (exact) mass is 307 g/mol. The van der Waals surface area contributed by atoms with E-state index in [-0.39, 0.29) is 0 Å². The van der Waals surface area contributed by atoms with Gasteiger partial charge in [-0.3, -0.25) is 5.10 Å². The fourth-order valence-corrected chi connectivity index (χ4v) is 4.32. The second-order valence-electron chi connectivity index (χ2n) is 6.77. The van der Waals surface area contributed by atoms with Crippen LogP contribution in [0.4, 0.5) is 0 Å². The number of nitrogens with zero attached hydrogens (tertiary/aromatic N) is 2. The molecule has 2 heterocycles. The summed E-state index contributed by atoms with van der Waals surface area (Å²) >= 11 is 7.10. The van der Waals surface area contributed by atoms with Crippen molar-refractivity contribution in [3.8, 4) is 11.4 Å². The summed E-state index contributed by atoms with van der Waals surface area (Å²) in [5.74, 6) is 1.76. The van der Waals surface area contributed by atoms with Gasteiger partial charge in [0.25, 0.3) is 0 Å².